The van der Waals surface area contributed by atoms with Gasteiger partial charge in [-0.1, -0.05) is 13.3 Å². The summed E-state index contributed by atoms with van der Waals surface area (Å²) in [6.07, 6.45) is 4.21. The second kappa shape index (κ2) is 7.67. The topological polar surface area (TPSA) is 52.6 Å². The molecule has 0 saturated carbocycles. The van der Waals surface area contributed by atoms with Crippen molar-refractivity contribution in [3.63, 3.8) is 0 Å². The molecule has 1 rings (SSSR count). The van der Waals surface area contributed by atoms with Gasteiger partial charge in [-0.3, -0.25) is 4.79 Å². The minimum absolute atomic E-state index is 0.0653. The van der Waals surface area contributed by atoms with Gasteiger partial charge in [-0.05, 0) is 44.8 Å². The molecule has 4 nitrogen and oxygen atoms in total. The molecule has 0 spiro atoms. The van der Waals surface area contributed by atoms with Gasteiger partial charge in [0.25, 0.3) is 0 Å². The van der Waals surface area contributed by atoms with E-state index >= 15 is 0 Å². The number of carbonyl (C=O) groups excluding carboxylic acids is 1. The third kappa shape index (κ3) is 5.50. The first-order chi connectivity index (χ1) is 8.13. The number of aliphatic hydroxyl groups is 1. The molecule has 100 valence electrons. The summed E-state index contributed by atoms with van der Waals surface area (Å²) in [6, 6.07) is 0. The van der Waals surface area contributed by atoms with E-state index in [1.165, 1.54) is 26.3 Å². The van der Waals surface area contributed by atoms with Gasteiger partial charge in [0.2, 0.25) is 5.91 Å². The molecule has 0 aromatic carbocycles. The normalized spacial score (nSPS) is 20.2. The third-order valence-corrected chi connectivity index (χ3v) is 3.56. The molecule has 17 heavy (non-hydrogen) atoms. The molecule has 1 unspecified atom stereocenters. The Morgan fingerprint density at radius 3 is 2.65 bits per heavy atom. The minimum Gasteiger partial charge on any atom is -0.391 e. The summed E-state index contributed by atoms with van der Waals surface area (Å²) in [6.45, 7) is 7.45. The number of hydrogen-bond acceptors (Lipinski definition) is 3. The van der Waals surface area contributed by atoms with Gasteiger partial charge in [-0.2, -0.15) is 0 Å². The van der Waals surface area contributed by atoms with E-state index in [-0.39, 0.29) is 12.0 Å². The Bertz CT molecular complexity index is 225. The summed E-state index contributed by atoms with van der Waals surface area (Å²) in [5.74, 6) is 0.282. The van der Waals surface area contributed by atoms with Crippen LogP contribution in [-0.4, -0.2) is 48.2 Å². The van der Waals surface area contributed by atoms with Crippen LogP contribution in [0.15, 0.2) is 0 Å². The second-order valence-corrected chi connectivity index (χ2v) is 5.04. The Morgan fingerprint density at radius 2 is 2.12 bits per heavy atom. The summed E-state index contributed by atoms with van der Waals surface area (Å²) < 4.78 is 0. The smallest absolute Gasteiger partial charge is 0.216 e. The fourth-order valence-corrected chi connectivity index (χ4v) is 2.36. The van der Waals surface area contributed by atoms with Gasteiger partial charge in [0.1, 0.15) is 0 Å². The van der Waals surface area contributed by atoms with E-state index < -0.39 is 0 Å². The highest BCUT2D eigenvalue weighted by atomic mass is 16.3. The first kappa shape index (κ1) is 14.5. The molecule has 1 amide bonds. The number of rotatable bonds is 6. The van der Waals surface area contributed by atoms with Gasteiger partial charge in [-0.25, -0.2) is 0 Å². The molecule has 0 aromatic rings. The maximum Gasteiger partial charge on any atom is 0.216 e. The number of nitrogens with zero attached hydrogens (tertiary/aromatic N) is 1. The van der Waals surface area contributed by atoms with E-state index in [1.54, 1.807) is 0 Å². The molecule has 1 aliphatic heterocycles. The summed E-state index contributed by atoms with van der Waals surface area (Å²) in [4.78, 5) is 13.2. The van der Waals surface area contributed by atoms with Crippen molar-refractivity contribution in [3.8, 4) is 0 Å². The third-order valence-electron chi connectivity index (χ3n) is 3.56. The number of unbranched alkanes of at least 4 members (excludes halogenated alkanes) is 1. The fraction of sp³-hybridized carbons (Fsp3) is 0.923. The van der Waals surface area contributed by atoms with E-state index in [2.05, 4.69) is 17.1 Å². The van der Waals surface area contributed by atoms with Crippen LogP contribution in [0.5, 0.6) is 0 Å². The SMILES string of the molecule is CCCCN1CCC(C(O)CNC(C)=O)CC1. The Kier molecular flexibility index (Phi) is 6.52. The van der Waals surface area contributed by atoms with Crippen molar-refractivity contribution in [3.05, 3.63) is 0 Å². The number of aliphatic hydroxyl groups excluding tert-OH is 1. The van der Waals surface area contributed by atoms with E-state index in [0.29, 0.717) is 12.5 Å². The standard InChI is InChI=1S/C13H26N2O2/c1-3-4-7-15-8-5-12(6-9-15)13(17)10-14-11(2)16/h12-13,17H,3-10H2,1-2H3,(H,14,16). The van der Waals surface area contributed by atoms with Crippen LogP contribution in [0.4, 0.5) is 0 Å². The van der Waals surface area contributed by atoms with Crippen LogP contribution in [0.1, 0.15) is 39.5 Å². The van der Waals surface area contributed by atoms with Crippen molar-refractivity contribution in [2.75, 3.05) is 26.2 Å². The number of piperidine rings is 1. The lowest BCUT2D eigenvalue weighted by Crippen LogP contribution is -2.42. The van der Waals surface area contributed by atoms with Crippen LogP contribution in [0.3, 0.4) is 0 Å². The number of carbonyl (C=O) groups is 1. The summed E-state index contributed by atoms with van der Waals surface area (Å²) in [5.41, 5.74) is 0. The van der Waals surface area contributed by atoms with Gasteiger partial charge in [0.05, 0.1) is 6.10 Å². The van der Waals surface area contributed by atoms with Crippen LogP contribution in [0, 0.1) is 5.92 Å². The largest absolute Gasteiger partial charge is 0.391 e. The molecule has 4 heteroatoms. The lowest BCUT2D eigenvalue weighted by molar-refractivity contribution is -0.119. The molecule has 1 saturated heterocycles. The molecular weight excluding hydrogens is 216 g/mol. The van der Waals surface area contributed by atoms with Gasteiger partial charge in [-0.15, -0.1) is 0 Å². The first-order valence-corrected chi connectivity index (χ1v) is 6.78. The highest BCUT2D eigenvalue weighted by molar-refractivity contribution is 5.72. The van der Waals surface area contributed by atoms with Gasteiger partial charge < -0.3 is 15.3 Å². The zero-order valence-electron chi connectivity index (χ0n) is 11.1. The molecule has 0 aromatic heterocycles. The van der Waals surface area contributed by atoms with E-state index in [4.69, 9.17) is 0 Å². The predicted octanol–water partition coefficient (Wildman–Crippen LogP) is 0.995. The molecule has 1 aliphatic rings. The van der Waals surface area contributed by atoms with E-state index in [9.17, 15) is 9.90 Å². The number of likely N-dealkylation sites (tertiary alicyclic amines) is 1. The molecule has 1 atom stereocenters. The minimum atomic E-state index is -0.382. The second-order valence-electron chi connectivity index (χ2n) is 5.04. The van der Waals surface area contributed by atoms with Crippen molar-refractivity contribution < 1.29 is 9.90 Å². The molecule has 1 heterocycles. The average Bonchev–Trinajstić information content (AvgIpc) is 2.34. The predicted molar refractivity (Wildman–Crippen MR) is 68.8 cm³/mol. The fourth-order valence-electron chi connectivity index (χ4n) is 2.36. The van der Waals surface area contributed by atoms with Crippen molar-refractivity contribution >= 4 is 5.91 Å². The van der Waals surface area contributed by atoms with Gasteiger partial charge in [0.15, 0.2) is 0 Å². The average molecular weight is 242 g/mol. The van der Waals surface area contributed by atoms with Crippen molar-refractivity contribution in [2.24, 2.45) is 5.92 Å². The summed E-state index contributed by atoms with van der Waals surface area (Å²) in [7, 11) is 0. The number of amides is 1. The Labute approximate surface area is 104 Å². The van der Waals surface area contributed by atoms with E-state index in [1.807, 2.05) is 0 Å². The van der Waals surface area contributed by atoms with Crippen LogP contribution >= 0.6 is 0 Å². The maximum absolute atomic E-state index is 10.8. The molecule has 1 fully saturated rings. The van der Waals surface area contributed by atoms with Crippen molar-refractivity contribution in [1.82, 2.24) is 10.2 Å². The quantitative estimate of drug-likeness (QED) is 0.730. The van der Waals surface area contributed by atoms with Gasteiger partial charge >= 0.3 is 0 Å². The van der Waals surface area contributed by atoms with Crippen LogP contribution in [-0.2, 0) is 4.79 Å². The number of hydrogen-bond donors (Lipinski definition) is 2. The molecule has 0 bridgehead atoms. The Balaban J connectivity index is 2.19. The Morgan fingerprint density at radius 1 is 1.47 bits per heavy atom. The number of nitrogens with one attached hydrogen (secondary N) is 1. The molecule has 2 N–H and O–H groups in total. The summed E-state index contributed by atoms with van der Waals surface area (Å²) in [5, 5.41) is 12.6. The molecule has 0 radical (unpaired) electrons. The maximum atomic E-state index is 10.8. The zero-order valence-corrected chi connectivity index (χ0v) is 11.1. The Hall–Kier alpha value is -0.610. The van der Waals surface area contributed by atoms with E-state index in [0.717, 1.165) is 25.9 Å². The van der Waals surface area contributed by atoms with Crippen molar-refractivity contribution in [1.29, 1.82) is 0 Å². The monoisotopic (exact) mass is 242 g/mol. The molecule has 0 aliphatic carbocycles. The summed E-state index contributed by atoms with van der Waals surface area (Å²) >= 11 is 0. The van der Waals surface area contributed by atoms with Crippen LogP contribution in [0.25, 0.3) is 0 Å². The van der Waals surface area contributed by atoms with Crippen LogP contribution in [0.2, 0.25) is 0 Å². The lowest BCUT2D eigenvalue weighted by atomic mass is 9.91. The van der Waals surface area contributed by atoms with Gasteiger partial charge in [0, 0.05) is 13.5 Å². The lowest BCUT2D eigenvalue weighted by Gasteiger charge is -2.34. The first-order valence-electron chi connectivity index (χ1n) is 6.78. The van der Waals surface area contributed by atoms with Crippen LogP contribution < -0.4 is 5.32 Å². The molecular formula is C13H26N2O2. The highest BCUT2D eigenvalue weighted by Gasteiger charge is 2.24. The zero-order chi connectivity index (χ0) is 12.7. The van der Waals surface area contributed by atoms with Crippen molar-refractivity contribution in [2.45, 2.75) is 45.6 Å². The highest BCUT2D eigenvalue weighted by Crippen LogP contribution is 2.20.